The minimum atomic E-state index is -1.06. The van der Waals surface area contributed by atoms with Gasteiger partial charge in [-0.1, -0.05) is 19.1 Å². The number of benzene rings is 1. The number of carbonyl (C=O) groups is 5. The number of amides is 4. The molecule has 0 aliphatic carbocycles. The van der Waals surface area contributed by atoms with Crippen molar-refractivity contribution in [3.8, 4) is 0 Å². The average Bonchev–Trinajstić information content (AvgIpc) is 3.31. The predicted molar refractivity (Wildman–Crippen MR) is 133 cm³/mol. The number of hydrogen-bond acceptors (Lipinski definition) is 8. The zero-order valence-corrected chi connectivity index (χ0v) is 21.2. The van der Waals surface area contributed by atoms with Crippen molar-refractivity contribution in [1.82, 2.24) is 25.1 Å². The van der Waals surface area contributed by atoms with Gasteiger partial charge in [0.1, 0.15) is 18.2 Å². The van der Waals surface area contributed by atoms with Crippen molar-refractivity contribution < 1.29 is 33.8 Å². The van der Waals surface area contributed by atoms with Crippen LogP contribution < -0.4 is 16.0 Å². The molecule has 2 heterocycles. The van der Waals surface area contributed by atoms with Gasteiger partial charge in [0.25, 0.3) is 5.91 Å². The third-order valence-electron chi connectivity index (χ3n) is 5.53. The molecule has 13 nitrogen and oxygen atoms in total. The summed E-state index contributed by atoms with van der Waals surface area (Å²) < 4.78 is 6.87. The van der Waals surface area contributed by atoms with Crippen molar-refractivity contribution >= 4 is 46.9 Å². The first-order valence-corrected chi connectivity index (χ1v) is 11.9. The van der Waals surface area contributed by atoms with Gasteiger partial charge in [-0.2, -0.15) is 0 Å². The number of aromatic nitrogens is 2. The maximum Gasteiger partial charge on any atom is 0.421 e. The molecule has 2 aromatic rings. The first-order valence-electron chi connectivity index (χ1n) is 11.9. The van der Waals surface area contributed by atoms with Crippen LogP contribution in [0.3, 0.4) is 0 Å². The second kappa shape index (κ2) is 11.3. The topological polar surface area (TPSA) is 172 Å². The van der Waals surface area contributed by atoms with Crippen molar-refractivity contribution in [2.45, 2.75) is 52.2 Å². The molecule has 0 spiro atoms. The van der Waals surface area contributed by atoms with Crippen LogP contribution in [0.4, 0.5) is 15.5 Å². The maximum absolute atomic E-state index is 12.8. The molecule has 3 rings (SSSR count). The summed E-state index contributed by atoms with van der Waals surface area (Å²) in [7, 11) is 0. The van der Waals surface area contributed by atoms with Crippen LogP contribution in [0, 0.1) is 5.92 Å². The maximum atomic E-state index is 12.8. The number of carboxylic acids is 1. The number of carboxylic acid groups (broad SMARTS) is 1. The second-order valence-electron chi connectivity index (χ2n) is 9.78. The van der Waals surface area contributed by atoms with Crippen LogP contribution in [0.5, 0.6) is 0 Å². The fourth-order valence-corrected chi connectivity index (χ4v) is 3.62. The highest BCUT2D eigenvalue weighted by Crippen LogP contribution is 2.22. The van der Waals surface area contributed by atoms with E-state index in [9.17, 15) is 24.0 Å². The van der Waals surface area contributed by atoms with Gasteiger partial charge in [0.15, 0.2) is 0 Å². The molecule has 1 aromatic carbocycles. The van der Waals surface area contributed by atoms with Gasteiger partial charge in [0, 0.05) is 13.1 Å². The van der Waals surface area contributed by atoms with Crippen molar-refractivity contribution in [2.24, 2.45) is 5.92 Å². The Morgan fingerprint density at radius 3 is 2.59 bits per heavy atom. The van der Waals surface area contributed by atoms with Crippen LogP contribution in [0.15, 0.2) is 24.3 Å². The molecule has 4 N–H and O–H groups in total. The third kappa shape index (κ3) is 6.96. The lowest BCUT2D eigenvalue weighted by atomic mass is 10.1. The standard InChI is InChI=1S/C24H32N6O7/c1-14(20(33)34)12-26-18(31)13-29-19(32)16(28-22(29)35)9-7-11-25-21-27-15-8-5-6-10-17(15)30(21)23(36)37-24(2,3)4/h5-6,8,10,14,16H,7,9,11-13H2,1-4H3,(H,25,27)(H,26,31)(H,28,35)(H,33,34)/t14-,16-/m0/s1. The molecule has 1 aliphatic rings. The molecule has 37 heavy (non-hydrogen) atoms. The Bertz CT molecular complexity index is 1200. The van der Waals surface area contributed by atoms with E-state index >= 15 is 0 Å². The number of imidazole rings is 1. The molecule has 13 heteroatoms. The zero-order valence-electron chi connectivity index (χ0n) is 21.2. The first kappa shape index (κ1) is 27.4. The summed E-state index contributed by atoms with van der Waals surface area (Å²) in [6.45, 7) is 6.49. The smallest absolute Gasteiger partial charge is 0.421 e. The average molecular weight is 517 g/mol. The van der Waals surface area contributed by atoms with Gasteiger partial charge in [0.05, 0.1) is 17.0 Å². The predicted octanol–water partition coefficient (Wildman–Crippen LogP) is 1.77. The van der Waals surface area contributed by atoms with Crippen LogP contribution >= 0.6 is 0 Å². The van der Waals surface area contributed by atoms with E-state index in [0.717, 1.165) is 4.90 Å². The quantitative estimate of drug-likeness (QED) is 0.271. The number of hydrogen-bond donors (Lipinski definition) is 4. The summed E-state index contributed by atoms with van der Waals surface area (Å²) in [6, 6.07) is 5.66. The molecule has 1 fully saturated rings. The molecule has 0 unspecified atom stereocenters. The third-order valence-corrected chi connectivity index (χ3v) is 5.53. The van der Waals surface area contributed by atoms with Crippen LogP contribution in [0.25, 0.3) is 11.0 Å². The molecule has 2 atom stereocenters. The number of imide groups is 1. The van der Waals surface area contributed by atoms with Gasteiger partial charge in [0.2, 0.25) is 11.9 Å². The van der Waals surface area contributed by atoms with E-state index < -0.39 is 54.0 Å². The molecule has 1 aliphatic heterocycles. The molecule has 0 radical (unpaired) electrons. The minimum Gasteiger partial charge on any atom is -0.481 e. The van der Waals surface area contributed by atoms with E-state index in [1.165, 1.54) is 11.5 Å². The van der Waals surface area contributed by atoms with Gasteiger partial charge >= 0.3 is 18.1 Å². The SMILES string of the molecule is C[C@@H](CNC(=O)CN1C(=O)N[C@@H](CCCNc2nc3ccccc3n2C(=O)OC(C)(C)C)C1=O)C(=O)O. The van der Waals surface area contributed by atoms with Crippen molar-refractivity contribution in [2.75, 3.05) is 25.0 Å². The Hall–Kier alpha value is -4.16. The summed E-state index contributed by atoms with van der Waals surface area (Å²) in [5, 5.41) is 16.9. The lowest BCUT2D eigenvalue weighted by Gasteiger charge is -2.20. The normalized spacial score (nSPS) is 16.4. The highest BCUT2D eigenvalue weighted by atomic mass is 16.6. The molecule has 0 saturated carbocycles. The lowest BCUT2D eigenvalue weighted by molar-refractivity contribution is -0.141. The number of rotatable bonds is 10. The van der Waals surface area contributed by atoms with Gasteiger partial charge in [-0.15, -0.1) is 0 Å². The van der Waals surface area contributed by atoms with Gasteiger partial charge < -0.3 is 25.8 Å². The molecule has 1 aromatic heterocycles. The summed E-state index contributed by atoms with van der Waals surface area (Å²) >= 11 is 0. The van der Waals surface area contributed by atoms with E-state index in [1.54, 1.807) is 39.0 Å². The number of anilines is 1. The van der Waals surface area contributed by atoms with Crippen LogP contribution in [0.2, 0.25) is 0 Å². The van der Waals surface area contributed by atoms with Crippen molar-refractivity contribution in [3.05, 3.63) is 24.3 Å². The Morgan fingerprint density at radius 2 is 1.92 bits per heavy atom. The monoisotopic (exact) mass is 516 g/mol. The van der Waals surface area contributed by atoms with Gasteiger partial charge in [-0.25, -0.2) is 19.1 Å². The fraction of sp³-hybridized carbons (Fsp3) is 0.500. The van der Waals surface area contributed by atoms with Crippen LogP contribution in [-0.2, 0) is 19.1 Å². The Morgan fingerprint density at radius 1 is 1.22 bits per heavy atom. The molecule has 1 saturated heterocycles. The Balaban J connectivity index is 1.55. The van der Waals surface area contributed by atoms with Crippen molar-refractivity contribution in [1.29, 1.82) is 0 Å². The van der Waals surface area contributed by atoms with Gasteiger partial charge in [-0.05, 0) is 45.7 Å². The molecular formula is C24H32N6O7. The second-order valence-corrected chi connectivity index (χ2v) is 9.78. The summed E-state index contributed by atoms with van der Waals surface area (Å²) in [5.74, 6) is -2.72. The molecular weight excluding hydrogens is 484 g/mol. The summed E-state index contributed by atoms with van der Waals surface area (Å²) in [5.41, 5.74) is 0.503. The minimum absolute atomic E-state index is 0.110. The van der Waals surface area contributed by atoms with Crippen molar-refractivity contribution in [3.63, 3.8) is 0 Å². The lowest BCUT2D eigenvalue weighted by Crippen LogP contribution is -2.42. The highest BCUT2D eigenvalue weighted by Gasteiger charge is 2.38. The molecule has 0 bridgehead atoms. The number of nitrogens with zero attached hydrogens (tertiary/aromatic N) is 3. The van der Waals surface area contributed by atoms with E-state index in [4.69, 9.17) is 9.84 Å². The fourth-order valence-electron chi connectivity index (χ4n) is 3.62. The highest BCUT2D eigenvalue weighted by molar-refractivity contribution is 6.06. The molecule has 4 amide bonds. The Kier molecular flexibility index (Phi) is 8.35. The first-order chi connectivity index (χ1) is 17.4. The molecule has 200 valence electrons. The summed E-state index contributed by atoms with van der Waals surface area (Å²) in [4.78, 5) is 65.8. The number of aliphatic carboxylic acids is 1. The summed E-state index contributed by atoms with van der Waals surface area (Å²) in [6.07, 6.45) is 0.163. The van der Waals surface area contributed by atoms with E-state index in [1.807, 2.05) is 6.07 Å². The largest absolute Gasteiger partial charge is 0.481 e. The van der Waals surface area contributed by atoms with E-state index in [0.29, 0.717) is 36.4 Å². The number of para-hydroxylation sites is 2. The Labute approximate surface area is 213 Å². The van der Waals surface area contributed by atoms with E-state index in [-0.39, 0.29) is 6.54 Å². The van der Waals surface area contributed by atoms with E-state index in [2.05, 4.69) is 20.9 Å². The number of urea groups is 1. The van der Waals surface area contributed by atoms with Gasteiger partial charge in [-0.3, -0.25) is 19.3 Å². The number of carbonyl (C=O) groups excluding carboxylic acids is 4. The van der Waals surface area contributed by atoms with Crippen LogP contribution in [0.1, 0.15) is 40.5 Å². The van der Waals surface area contributed by atoms with Crippen LogP contribution in [-0.4, -0.2) is 80.7 Å². The number of ether oxygens (including phenoxy) is 1. The zero-order chi connectivity index (χ0) is 27.3. The number of nitrogens with one attached hydrogen (secondary N) is 3. The number of fused-ring (bicyclic) bond motifs is 1.